The van der Waals surface area contributed by atoms with Crippen LogP contribution in [-0.2, 0) is 5.75 Å². The van der Waals surface area contributed by atoms with Crippen LogP contribution in [0.4, 0.5) is 0 Å². The Morgan fingerprint density at radius 2 is 1.72 bits per heavy atom. The largest absolute Gasteiger partial charge is 0.506 e. The first-order chi connectivity index (χ1) is 8.63. The zero-order chi connectivity index (χ0) is 13.4. The fraction of sp³-hybridized carbons (Fsp3) is 0.0769. The minimum atomic E-state index is 0.0565. The second kappa shape index (κ2) is 8.59. The highest BCUT2D eigenvalue weighted by atomic mass is 35.5. The molecule has 0 aliphatic heterocycles. The predicted octanol–water partition coefficient (Wildman–Crippen LogP) is 5.46. The number of aromatic hydroxyl groups is 1. The summed E-state index contributed by atoms with van der Waals surface area (Å²) < 4.78 is 0. The number of halogens is 2. The second-order valence-electron chi connectivity index (χ2n) is 3.35. The van der Waals surface area contributed by atoms with E-state index < -0.39 is 0 Å². The third kappa shape index (κ3) is 5.91. The van der Waals surface area contributed by atoms with E-state index in [1.54, 1.807) is 16.9 Å². The molecule has 0 aliphatic carbocycles. The fourth-order valence-corrected chi connectivity index (χ4v) is 2.33. The van der Waals surface area contributed by atoms with E-state index in [0.717, 1.165) is 5.75 Å². The van der Waals surface area contributed by atoms with Gasteiger partial charge in [-0.15, -0.1) is 11.7 Å². The third-order valence-electron chi connectivity index (χ3n) is 1.98. The van der Waals surface area contributed by atoms with Crippen molar-refractivity contribution >= 4 is 45.7 Å². The number of rotatable bonds is 2. The van der Waals surface area contributed by atoms with Crippen molar-refractivity contribution in [2.75, 3.05) is 0 Å². The summed E-state index contributed by atoms with van der Waals surface area (Å²) in [4.78, 5) is 0. The zero-order valence-electron chi connectivity index (χ0n) is 9.38. The monoisotopic (exact) mass is 318 g/mol. The van der Waals surface area contributed by atoms with Gasteiger partial charge in [-0.2, -0.15) is 0 Å². The molecule has 2 rings (SSSR count). The average molecular weight is 319 g/mol. The van der Waals surface area contributed by atoms with Gasteiger partial charge in [0, 0.05) is 10.8 Å². The van der Waals surface area contributed by atoms with Crippen molar-refractivity contribution in [3.05, 3.63) is 64.1 Å². The van der Waals surface area contributed by atoms with Crippen LogP contribution in [0.25, 0.3) is 0 Å². The fourth-order valence-electron chi connectivity index (χ4n) is 1.13. The predicted molar refractivity (Wildman–Crippen MR) is 84.8 cm³/mol. The first-order valence-electron chi connectivity index (χ1n) is 5.08. The van der Waals surface area contributed by atoms with E-state index in [2.05, 4.69) is 23.8 Å². The highest BCUT2D eigenvalue weighted by Gasteiger charge is 1.95. The summed E-state index contributed by atoms with van der Waals surface area (Å²) in [5.74, 6) is 1.05. The maximum atomic E-state index is 8.85. The Morgan fingerprint density at radius 1 is 1.06 bits per heavy atom. The van der Waals surface area contributed by atoms with Gasteiger partial charge in [0.05, 0.1) is 5.02 Å². The molecule has 0 saturated carbocycles. The van der Waals surface area contributed by atoms with Gasteiger partial charge in [0.25, 0.3) is 0 Å². The van der Waals surface area contributed by atoms with Crippen LogP contribution in [0.15, 0.2) is 48.5 Å². The maximum absolute atomic E-state index is 8.85. The number of benzene rings is 2. The lowest BCUT2D eigenvalue weighted by atomic mass is 10.2. The Morgan fingerprint density at radius 3 is 2.22 bits per heavy atom. The molecule has 2 aromatic carbocycles. The van der Waals surface area contributed by atoms with Crippen molar-refractivity contribution in [2.24, 2.45) is 0 Å². The minimum Gasteiger partial charge on any atom is -0.506 e. The Bertz CT molecular complexity index is 478. The molecule has 0 aliphatic rings. The van der Waals surface area contributed by atoms with Gasteiger partial charge in [-0.3, -0.25) is 0 Å². The summed E-state index contributed by atoms with van der Waals surface area (Å²) in [5, 5.41) is 9.66. The third-order valence-corrected chi connectivity index (χ3v) is 3.37. The van der Waals surface area contributed by atoms with Crippen molar-refractivity contribution in [3.8, 4) is 5.75 Å². The van der Waals surface area contributed by atoms with Crippen LogP contribution in [0.1, 0.15) is 5.56 Å². The van der Waals surface area contributed by atoms with Crippen molar-refractivity contribution in [3.63, 3.8) is 0 Å². The Kier molecular flexibility index (Phi) is 7.44. The number of hydrogen-bond acceptors (Lipinski definition) is 3. The summed E-state index contributed by atoms with van der Waals surface area (Å²) in [7, 11) is 1.55. The molecule has 0 radical (unpaired) electrons. The van der Waals surface area contributed by atoms with E-state index in [0.29, 0.717) is 5.02 Å². The molecule has 5 heteroatoms. The van der Waals surface area contributed by atoms with Crippen LogP contribution in [-0.4, -0.2) is 5.11 Å². The molecule has 18 heavy (non-hydrogen) atoms. The topological polar surface area (TPSA) is 20.2 Å². The molecule has 0 aromatic heterocycles. The normalized spacial score (nSPS) is 9.50. The van der Waals surface area contributed by atoms with E-state index in [9.17, 15) is 0 Å². The van der Waals surface area contributed by atoms with Crippen molar-refractivity contribution in [1.82, 2.24) is 0 Å². The van der Waals surface area contributed by atoms with Crippen LogP contribution < -0.4 is 0 Å². The number of thiol groups is 1. The standard InChI is InChI=1S/C7H8S2.C6H4Cl2O/c8-9-6-7-4-2-1-3-5-7;7-4-1-2-6(9)5(8)3-4/h1-5,8H,6H2;1-3,9H. The van der Waals surface area contributed by atoms with Gasteiger partial charge in [0.2, 0.25) is 0 Å². The summed E-state index contributed by atoms with van der Waals surface area (Å²) in [6, 6.07) is 14.8. The summed E-state index contributed by atoms with van der Waals surface area (Å²) in [6.45, 7) is 0. The molecule has 0 heterocycles. The Hall–Kier alpha value is -0.480. The van der Waals surface area contributed by atoms with Gasteiger partial charge in [0.1, 0.15) is 5.75 Å². The molecule has 0 atom stereocenters. The molecule has 0 bridgehead atoms. The molecular formula is C13H12Cl2OS2. The van der Waals surface area contributed by atoms with Gasteiger partial charge in [-0.1, -0.05) is 64.3 Å². The van der Waals surface area contributed by atoms with Crippen LogP contribution >= 0.6 is 45.7 Å². The molecule has 1 N–H and O–H groups in total. The highest BCUT2D eigenvalue weighted by molar-refractivity contribution is 8.68. The number of phenolic OH excluding ortho intramolecular Hbond substituents is 1. The zero-order valence-corrected chi connectivity index (χ0v) is 12.6. The van der Waals surface area contributed by atoms with E-state index in [-0.39, 0.29) is 10.8 Å². The lowest BCUT2D eigenvalue weighted by Crippen LogP contribution is -1.73. The van der Waals surface area contributed by atoms with Crippen molar-refractivity contribution in [1.29, 1.82) is 0 Å². The number of phenols is 1. The van der Waals surface area contributed by atoms with Gasteiger partial charge in [-0.25, -0.2) is 0 Å². The summed E-state index contributed by atoms with van der Waals surface area (Å²) in [5.41, 5.74) is 1.33. The maximum Gasteiger partial charge on any atom is 0.134 e. The first kappa shape index (κ1) is 15.6. The van der Waals surface area contributed by atoms with E-state index in [1.807, 2.05) is 18.2 Å². The lowest BCUT2D eigenvalue weighted by molar-refractivity contribution is 0.475. The van der Waals surface area contributed by atoms with Crippen LogP contribution in [0.2, 0.25) is 10.0 Å². The molecule has 96 valence electrons. The number of hydrogen-bond donors (Lipinski definition) is 2. The minimum absolute atomic E-state index is 0.0565. The lowest BCUT2D eigenvalue weighted by Gasteiger charge is -1.93. The molecule has 0 fully saturated rings. The van der Waals surface area contributed by atoms with Gasteiger partial charge in [0.15, 0.2) is 0 Å². The van der Waals surface area contributed by atoms with Crippen molar-refractivity contribution < 1.29 is 5.11 Å². The smallest absolute Gasteiger partial charge is 0.134 e. The van der Waals surface area contributed by atoms with Crippen LogP contribution in [0.3, 0.4) is 0 Å². The van der Waals surface area contributed by atoms with E-state index in [1.165, 1.54) is 17.7 Å². The SMILES string of the molecule is Oc1ccc(Cl)cc1Cl.SSCc1ccccc1. The van der Waals surface area contributed by atoms with Gasteiger partial charge >= 0.3 is 0 Å². The molecule has 0 spiro atoms. The molecule has 2 aromatic rings. The van der Waals surface area contributed by atoms with Gasteiger partial charge in [-0.05, 0) is 23.8 Å². The quantitative estimate of drug-likeness (QED) is 0.566. The first-order valence-corrected chi connectivity index (χ1v) is 7.87. The Labute approximate surface area is 126 Å². The van der Waals surface area contributed by atoms with Crippen LogP contribution in [0, 0.1) is 0 Å². The molecule has 0 unspecified atom stereocenters. The highest BCUT2D eigenvalue weighted by Crippen LogP contribution is 2.25. The summed E-state index contributed by atoms with van der Waals surface area (Å²) in [6.07, 6.45) is 0. The van der Waals surface area contributed by atoms with Crippen molar-refractivity contribution in [2.45, 2.75) is 5.75 Å². The second-order valence-corrected chi connectivity index (χ2v) is 5.52. The Balaban J connectivity index is 0.000000180. The molecule has 1 nitrogen and oxygen atoms in total. The molecular weight excluding hydrogens is 307 g/mol. The summed E-state index contributed by atoms with van der Waals surface area (Å²) >= 11 is 15.0. The molecule has 0 amide bonds. The van der Waals surface area contributed by atoms with E-state index in [4.69, 9.17) is 28.3 Å². The average Bonchev–Trinajstić information content (AvgIpc) is 2.37. The van der Waals surface area contributed by atoms with Gasteiger partial charge < -0.3 is 5.11 Å². The van der Waals surface area contributed by atoms with Crippen LogP contribution in [0.5, 0.6) is 5.75 Å². The van der Waals surface area contributed by atoms with E-state index >= 15 is 0 Å². The molecule has 0 saturated heterocycles.